The third-order valence-electron chi connectivity index (χ3n) is 4.47. The van der Waals surface area contributed by atoms with Gasteiger partial charge in [0.15, 0.2) is 0 Å². The third kappa shape index (κ3) is 4.17. The Bertz CT molecular complexity index is 1190. The van der Waals surface area contributed by atoms with Crippen LogP contribution in [-0.2, 0) is 0 Å². The van der Waals surface area contributed by atoms with Crippen LogP contribution in [0.15, 0.2) is 33.1 Å². The first-order valence-electron chi connectivity index (χ1n) is 9.36. The molecule has 3 heterocycles. The van der Waals surface area contributed by atoms with Crippen molar-refractivity contribution in [2.45, 2.75) is 44.1 Å². The van der Waals surface area contributed by atoms with E-state index >= 15 is 0 Å². The van der Waals surface area contributed by atoms with E-state index in [1.54, 1.807) is 29.2 Å². The molecule has 0 unspecified atom stereocenters. The maximum Gasteiger partial charge on any atom is 0.211 e. The van der Waals surface area contributed by atoms with E-state index in [2.05, 4.69) is 19.0 Å². The average molecular weight is 479 g/mol. The number of thioether (sulfide) groups is 1. The molecule has 0 atom stereocenters. The summed E-state index contributed by atoms with van der Waals surface area (Å²) in [6, 6.07) is 5.50. The molecule has 0 aliphatic carbocycles. The van der Waals surface area contributed by atoms with E-state index in [9.17, 15) is 0 Å². The lowest BCUT2D eigenvalue weighted by Crippen LogP contribution is -1.94. The molecule has 4 rings (SSSR count). The van der Waals surface area contributed by atoms with E-state index in [4.69, 9.17) is 37.8 Å². The Kier molecular flexibility index (Phi) is 5.99. The first-order chi connectivity index (χ1) is 14.2. The number of aromatic nitrogens is 4. The summed E-state index contributed by atoms with van der Waals surface area (Å²) >= 11 is 15.8. The number of aryl methyl sites for hydroxylation is 3. The normalized spacial score (nSPS) is 11.6. The number of hydrogen-bond donors (Lipinski definition) is 0. The molecule has 9 heteroatoms. The zero-order chi connectivity index (χ0) is 21.6. The minimum Gasteiger partial charge on any atom is -0.361 e. The molecule has 0 aliphatic heterocycles. The highest BCUT2D eigenvalue weighted by atomic mass is 35.5. The maximum atomic E-state index is 6.20. The SMILES string of the molecule is Cc1nn(-c2nc(-c3c(C)noc3C)c(SC(C)C)s2)cc1-c1cc(Cl)cc(Cl)c1. The van der Waals surface area contributed by atoms with Crippen LogP contribution in [0.1, 0.15) is 31.0 Å². The van der Waals surface area contributed by atoms with Crippen LogP contribution in [0, 0.1) is 20.8 Å². The van der Waals surface area contributed by atoms with Gasteiger partial charge in [0.25, 0.3) is 0 Å². The first kappa shape index (κ1) is 21.4. The molecular weight excluding hydrogens is 459 g/mol. The minimum absolute atomic E-state index is 0.418. The van der Waals surface area contributed by atoms with Gasteiger partial charge in [0.1, 0.15) is 11.5 Å². The van der Waals surface area contributed by atoms with Crippen molar-refractivity contribution in [2.24, 2.45) is 0 Å². The molecule has 156 valence electrons. The quantitative estimate of drug-likeness (QED) is 0.280. The van der Waals surface area contributed by atoms with Gasteiger partial charge in [-0.15, -0.1) is 11.8 Å². The van der Waals surface area contributed by atoms with Crippen LogP contribution in [0.2, 0.25) is 10.0 Å². The molecule has 30 heavy (non-hydrogen) atoms. The Balaban J connectivity index is 1.82. The van der Waals surface area contributed by atoms with E-state index in [0.717, 1.165) is 48.9 Å². The van der Waals surface area contributed by atoms with Crippen molar-refractivity contribution in [3.05, 3.63) is 51.6 Å². The Hall–Kier alpha value is -1.80. The molecule has 5 nitrogen and oxygen atoms in total. The van der Waals surface area contributed by atoms with E-state index < -0.39 is 0 Å². The molecule has 0 radical (unpaired) electrons. The number of halogens is 2. The van der Waals surface area contributed by atoms with E-state index in [-0.39, 0.29) is 0 Å². The van der Waals surface area contributed by atoms with E-state index in [1.165, 1.54) is 0 Å². The first-order valence-corrected chi connectivity index (χ1v) is 11.8. The van der Waals surface area contributed by atoms with Gasteiger partial charge < -0.3 is 4.52 Å². The Morgan fingerprint density at radius 3 is 2.37 bits per heavy atom. The predicted molar refractivity (Wildman–Crippen MR) is 125 cm³/mol. The lowest BCUT2D eigenvalue weighted by Gasteiger charge is -2.03. The van der Waals surface area contributed by atoms with E-state index in [0.29, 0.717) is 15.3 Å². The standard InChI is InChI=1S/C21H20Cl2N4OS2/c1-10(2)29-20-19(18-12(4)26-28-13(18)5)24-21(30-20)27-9-17(11(3)25-27)14-6-15(22)8-16(23)7-14/h6-10H,1-5H3. The molecule has 0 saturated carbocycles. The van der Waals surface area contributed by atoms with Crippen LogP contribution >= 0.6 is 46.3 Å². The van der Waals surface area contributed by atoms with Gasteiger partial charge in [-0.2, -0.15) is 5.10 Å². The van der Waals surface area contributed by atoms with Crippen molar-refractivity contribution in [3.8, 4) is 27.5 Å². The largest absolute Gasteiger partial charge is 0.361 e. The lowest BCUT2D eigenvalue weighted by molar-refractivity contribution is 0.393. The molecule has 0 spiro atoms. The minimum atomic E-state index is 0.418. The highest BCUT2D eigenvalue weighted by molar-refractivity contribution is 8.01. The number of benzene rings is 1. The zero-order valence-electron chi connectivity index (χ0n) is 17.2. The second-order valence-corrected chi connectivity index (χ2v) is 10.9. The van der Waals surface area contributed by atoms with Crippen LogP contribution in [0.25, 0.3) is 27.5 Å². The number of hydrogen-bond acceptors (Lipinski definition) is 6. The molecule has 0 aliphatic rings. The third-order valence-corrected chi connectivity index (χ3v) is 7.16. The fourth-order valence-electron chi connectivity index (χ4n) is 3.22. The number of nitrogens with zero attached hydrogens (tertiary/aromatic N) is 4. The average Bonchev–Trinajstić information content (AvgIpc) is 3.31. The molecule has 0 saturated heterocycles. The van der Waals surface area contributed by atoms with Crippen molar-refractivity contribution in [1.29, 1.82) is 0 Å². The topological polar surface area (TPSA) is 56.7 Å². The van der Waals surface area contributed by atoms with Gasteiger partial charge in [-0.1, -0.05) is 53.5 Å². The van der Waals surface area contributed by atoms with Gasteiger partial charge in [0.2, 0.25) is 5.13 Å². The van der Waals surface area contributed by atoms with Crippen molar-refractivity contribution >= 4 is 46.3 Å². The van der Waals surface area contributed by atoms with Crippen LogP contribution in [0.4, 0.5) is 0 Å². The van der Waals surface area contributed by atoms with Crippen LogP contribution in [0.5, 0.6) is 0 Å². The summed E-state index contributed by atoms with van der Waals surface area (Å²) in [6.45, 7) is 10.2. The van der Waals surface area contributed by atoms with Gasteiger partial charge in [0.05, 0.1) is 21.2 Å². The Morgan fingerprint density at radius 2 is 1.77 bits per heavy atom. The van der Waals surface area contributed by atoms with Crippen LogP contribution in [0.3, 0.4) is 0 Å². The van der Waals surface area contributed by atoms with E-state index in [1.807, 2.05) is 43.8 Å². The molecule has 4 aromatic rings. The highest BCUT2D eigenvalue weighted by Gasteiger charge is 2.23. The van der Waals surface area contributed by atoms with Gasteiger partial charge in [-0.05, 0) is 44.5 Å². The molecular formula is C21H20Cl2N4OS2. The Labute approximate surface area is 193 Å². The summed E-state index contributed by atoms with van der Waals surface area (Å²) in [5.74, 6) is 0.765. The number of rotatable bonds is 5. The monoisotopic (exact) mass is 478 g/mol. The van der Waals surface area contributed by atoms with Crippen molar-refractivity contribution in [3.63, 3.8) is 0 Å². The summed E-state index contributed by atoms with van der Waals surface area (Å²) < 4.78 is 8.32. The fraction of sp³-hybridized carbons (Fsp3) is 0.286. The summed E-state index contributed by atoms with van der Waals surface area (Å²) in [6.07, 6.45) is 1.97. The molecule has 0 N–H and O–H groups in total. The smallest absolute Gasteiger partial charge is 0.211 e. The second-order valence-electron chi connectivity index (χ2n) is 7.23. The van der Waals surface area contributed by atoms with Gasteiger partial charge in [-0.3, -0.25) is 0 Å². The molecule has 3 aromatic heterocycles. The summed E-state index contributed by atoms with van der Waals surface area (Å²) in [5.41, 5.74) is 5.44. The summed E-state index contributed by atoms with van der Waals surface area (Å²) in [5, 5.41) is 11.2. The van der Waals surface area contributed by atoms with Gasteiger partial charge in [0, 0.05) is 27.1 Å². The van der Waals surface area contributed by atoms with Crippen molar-refractivity contribution in [1.82, 2.24) is 19.9 Å². The fourth-order valence-corrected chi connectivity index (χ4v) is 6.16. The van der Waals surface area contributed by atoms with Crippen molar-refractivity contribution < 1.29 is 4.52 Å². The molecule has 0 fully saturated rings. The molecule has 0 amide bonds. The second kappa shape index (κ2) is 8.38. The summed E-state index contributed by atoms with van der Waals surface area (Å²) in [4.78, 5) is 4.93. The van der Waals surface area contributed by atoms with Gasteiger partial charge in [-0.25, -0.2) is 9.67 Å². The maximum absolute atomic E-state index is 6.20. The van der Waals surface area contributed by atoms with Crippen molar-refractivity contribution in [2.75, 3.05) is 0 Å². The van der Waals surface area contributed by atoms with Gasteiger partial charge >= 0.3 is 0 Å². The molecule has 1 aromatic carbocycles. The highest BCUT2D eigenvalue weighted by Crippen LogP contribution is 2.42. The lowest BCUT2D eigenvalue weighted by atomic mass is 10.1. The Morgan fingerprint density at radius 1 is 1.07 bits per heavy atom. The summed E-state index contributed by atoms with van der Waals surface area (Å²) in [7, 11) is 0. The molecule has 0 bridgehead atoms. The number of thiazole rings is 1. The predicted octanol–water partition coefficient (Wildman–Crippen LogP) is 7.38. The van der Waals surface area contributed by atoms with Crippen LogP contribution in [-0.4, -0.2) is 25.2 Å². The zero-order valence-corrected chi connectivity index (χ0v) is 20.3. The van der Waals surface area contributed by atoms with Crippen LogP contribution < -0.4 is 0 Å².